The van der Waals surface area contributed by atoms with Crippen LogP contribution in [0.5, 0.6) is 0 Å². The smallest absolute Gasteiger partial charge is 0.0782 e. The second-order valence-electron chi connectivity index (χ2n) is 10.6. The first-order valence-electron chi connectivity index (χ1n) is 14.4. The van der Waals surface area contributed by atoms with Crippen molar-refractivity contribution in [3.05, 3.63) is 170 Å². The van der Waals surface area contributed by atoms with E-state index in [-0.39, 0.29) is 0 Å². The highest BCUT2D eigenvalue weighted by atomic mass is 15.2. The monoisotopic (exact) mass is 536 g/mol. The summed E-state index contributed by atoms with van der Waals surface area (Å²) in [6.45, 7) is 0. The molecule has 198 valence electrons. The van der Waals surface area contributed by atoms with Crippen LogP contribution < -0.4 is 4.90 Å². The van der Waals surface area contributed by atoms with Gasteiger partial charge in [0.2, 0.25) is 0 Å². The Labute approximate surface area is 245 Å². The van der Waals surface area contributed by atoms with Crippen LogP contribution in [0.2, 0.25) is 0 Å². The van der Waals surface area contributed by atoms with E-state index in [4.69, 9.17) is 0 Å². The Bertz CT molecular complexity index is 2180. The lowest BCUT2D eigenvalue weighted by molar-refractivity contribution is 1.17. The van der Waals surface area contributed by atoms with Gasteiger partial charge in [-0.15, -0.1) is 0 Å². The Morgan fingerprint density at radius 1 is 0.405 bits per heavy atom. The average Bonchev–Trinajstić information content (AvgIpc) is 3.41. The number of anilines is 3. The highest BCUT2D eigenvalue weighted by Gasteiger charge is 2.21. The van der Waals surface area contributed by atoms with Crippen molar-refractivity contribution < 1.29 is 0 Å². The summed E-state index contributed by atoms with van der Waals surface area (Å²) in [6, 6.07) is 60.9. The molecule has 0 aliphatic carbocycles. The lowest BCUT2D eigenvalue weighted by atomic mass is 10.0. The number of aromatic nitrogens is 1. The van der Waals surface area contributed by atoms with Crippen LogP contribution in [0, 0.1) is 0 Å². The molecule has 0 radical (unpaired) electrons. The van der Waals surface area contributed by atoms with Gasteiger partial charge in [0.05, 0.1) is 16.7 Å². The number of hydrogen-bond donors (Lipinski definition) is 0. The van der Waals surface area contributed by atoms with Gasteiger partial charge in [0.25, 0.3) is 0 Å². The van der Waals surface area contributed by atoms with Crippen molar-refractivity contribution >= 4 is 49.6 Å². The van der Waals surface area contributed by atoms with E-state index >= 15 is 0 Å². The molecule has 0 amide bonds. The highest BCUT2D eigenvalue weighted by molar-refractivity contribution is 6.14. The molecule has 1 heterocycles. The standard InChI is InChI=1S/C40H28N2/c1-3-14-33(15-4-1)41(35-26-24-30(25-27-35)32-23-22-29-12-7-8-13-31(29)28-32)39-21-11-19-37-36-18-9-10-20-38(36)42(40(37)39)34-16-5-2-6-17-34/h1-28H. The minimum absolute atomic E-state index is 1.11. The van der Waals surface area contributed by atoms with Crippen molar-refractivity contribution in [3.63, 3.8) is 0 Å². The van der Waals surface area contributed by atoms with Gasteiger partial charge in [0.1, 0.15) is 0 Å². The third-order valence-electron chi connectivity index (χ3n) is 8.15. The molecule has 0 spiro atoms. The van der Waals surface area contributed by atoms with Crippen molar-refractivity contribution in [2.45, 2.75) is 0 Å². The van der Waals surface area contributed by atoms with Crippen molar-refractivity contribution in [1.29, 1.82) is 0 Å². The lowest BCUT2D eigenvalue weighted by Crippen LogP contribution is -2.11. The van der Waals surface area contributed by atoms with Crippen LogP contribution in [-0.4, -0.2) is 4.57 Å². The lowest BCUT2D eigenvalue weighted by Gasteiger charge is -2.27. The number of rotatable bonds is 5. The van der Waals surface area contributed by atoms with Crippen LogP contribution in [0.25, 0.3) is 49.4 Å². The number of para-hydroxylation sites is 4. The Morgan fingerprint density at radius 3 is 1.83 bits per heavy atom. The molecule has 8 aromatic rings. The van der Waals surface area contributed by atoms with Gasteiger partial charge in [-0.2, -0.15) is 0 Å². The summed E-state index contributed by atoms with van der Waals surface area (Å²) in [6.07, 6.45) is 0. The second-order valence-corrected chi connectivity index (χ2v) is 10.6. The van der Waals surface area contributed by atoms with Crippen LogP contribution in [-0.2, 0) is 0 Å². The van der Waals surface area contributed by atoms with E-state index in [1.807, 2.05) is 0 Å². The topological polar surface area (TPSA) is 8.17 Å². The maximum atomic E-state index is 2.40. The van der Waals surface area contributed by atoms with Gasteiger partial charge in [-0.3, -0.25) is 0 Å². The fourth-order valence-corrected chi connectivity index (χ4v) is 6.20. The summed E-state index contributed by atoms with van der Waals surface area (Å²) < 4.78 is 2.40. The quantitative estimate of drug-likeness (QED) is 0.212. The molecule has 0 atom stereocenters. The van der Waals surface area contributed by atoms with Crippen molar-refractivity contribution in [2.75, 3.05) is 4.90 Å². The van der Waals surface area contributed by atoms with Crippen molar-refractivity contribution in [1.82, 2.24) is 4.57 Å². The molecular formula is C40H28N2. The summed E-state index contributed by atoms with van der Waals surface area (Å²) in [4.78, 5) is 2.38. The predicted octanol–water partition coefficient (Wildman–Crippen LogP) is 11.1. The third-order valence-corrected chi connectivity index (χ3v) is 8.15. The second kappa shape index (κ2) is 10.1. The van der Waals surface area contributed by atoms with E-state index in [1.165, 1.54) is 43.7 Å². The van der Waals surface area contributed by atoms with Crippen molar-refractivity contribution in [3.8, 4) is 16.8 Å². The molecule has 2 heteroatoms. The zero-order valence-electron chi connectivity index (χ0n) is 23.1. The average molecular weight is 537 g/mol. The fraction of sp³-hybridized carbons (Fsp3) is 0. The molecule has 0 aliphatic heterocycles. The van der Waals surface area contributed by atoms with Crippen molar-refractivity contribution in [2.24, 2.45) is 0 Å². The molecule has 0 unspecified atom stereocenters. The Hall–Kier alpha value is -5.60. The Kier molecular flexibility index (Phi) is 5.82. The maximum absolute atomic E-state index is 2.40. The van der Waals surface area contributed by atoms with Crippen LogP contribution in [0.4, 0.5) is 17.1 Å². The molecule has 42 heavy (non-hydrogen) atoms. The number of nitrogens with zero attached hydrogens (tertiary/aromatic N) is 2. The molecule has 1 aromatic heterocycles. The van der Waals surface area contributed by atoms with Crippen LogP contribution >= 0.6 is 0 Å². The highest BCUT2D eigenvalue weighted by Crippen LogP contribution is 2.43. The molecular weight excluding hydrogens is 508 g/mol. The Morgan fingerprint density at radius 2 is 1.02 bits per heavy atom. The molecule has 0 fully saturated rings. The number of benzene rings is 7. The normalized spacial score (nSPS) is 11.3. The van der Waals surface area contributed by atoms with Gasteiger partial charge in [0.15, 0.2) is 0 Å². The van der Waals surface area contributed by atoms with Gasteiger partial charge in [-0.05, 0) is 76.5 Å². The molecule has 0 bridgehead atoms. The molecule has 0 aliphatic rings. The predicted molar refractivity (Wildman–Crippen MR) is 178 cm³/mol. The summed E-state index contributed by atoms with van der Waals surface area (Å²) >= 11 is 0. The molecule has 7 aromatic carbocycles. The zero-order chi connectivity index (χ0) is 27.9. The fourth-order valence-electron chi connectivity index (χ4n) is 6.20. The van der Waals surface area contributed by atoms with Gasteiger partial charge in [0, 0.05) is 27.8 Å². The minimum Gasteiger partial charge on any atom is -0.308 e. The van der Waals surface area contributed by atoms with Gasteiger partial charge in [-0.1, -0.05) is 115 Å². The van der Waals surface area contributed by atoms with Crippen LogP contribution in [0.1, 0.15) is 0 Å². The molecule has 0 N–H and O–H groups in total. The van der Waals surface area contributed by atoms with E-state index in [9.17, 15) is 0 Å². The van der Waals surface area contributed by atoms with E-state index in [1.54, 1.807) is 0 Å². The largest absolute Gasteiger partial charge is 0.308 e. The molecule has 8 rings (SSSR count). The number of fused-ring (bicyclic) bond motifs is 4. The molecule has 0 saturated carbocycles. The first-order chi connectivity index (χ1) is 20.8. The Balaban J connectivity index is 1.34. The summed E-state index contributed by atoms with van der Waals surface area (Å²) in [5.74, 6) is 0. The SMILES string of the molecule is c1ccc(N(c2ccc(-c3ccc4ccccc4c3)cc2)c2cccc3c4ccccc4n(-c4ccccc4)c23)cc1. The van der Waals surface area contributed by atoms with Crippen LogP contribution in [0.3, 0.4) is 0 Å². The zero-order valence-corrected chi connectivity index (χ0v) is 23.1. The minimum atomic E-state index is 1.11. The maximum Gasteiger partial charge on any atom is 0.0782 e. The van der Waals surface area contributed by atoms with E-state index < -0.39 is 0 Å². The first-order valence-corrected chi connectivity index (χ1v) is 14.4. The van der Waals surface area contributed by atoms with Gasteiger partial charge >= 0.3 is 0 Å². The summed E-state index contributed by atoms with van der Waals surface area (Å²) in [5, 5.41) is 5.00. The van der Waals surface area contributed by atoms with Gasteiger partial charge < -0.3 is 9.47 Å². The van der Waals surface area contributed by atoms with E-state index in [0.29, 0.717) is 0 Å². The van der Waals surface area contributed by atoms with Crippen LogP contribution in [0.15, 0.2) is 170 Å². The molecule has 2 nitrogen and oxygen atoms in total. The van der Waals surface area contributed by atoms with E-state index in [0.717, 1.165) is 22.7 Å². The molecule has 0 saturated heterocycles. The summed E-state index contributed by atoms with van der Waals surface area (Å²) in [5.41, 5.74) is 9.33. The van der Waals surface area contributed by atoms with E-state index in [2.05, 4.69) is 179 Å². The number of hydrogen-bond acceptors (Lipinski definition) is 1. The first kappa shape index (κ1) is 24.2. The third kappa shape index (κ3) is 4.05. The van der Waals surface area contributed by atoms with Gasteiger partial charge in [-0.25, -0.2) is 0 Å². The summed E-state index contributed by atoms with van der Waals surface area (Å²) in [7, 11) is 0.